The molecule has 1 aromatic rings. The van der Waals surface area contributed by atoms with Gasteiger partial charge in [0, 0.05) is 18.8 Å². The molecule has 0 aliphatic rings. The van der Waals surface area contributed by atoms with E-state index in [1.807, 2.05) is 39.2 Å². The minimum Gasteiger partial charge on any atom is -0.492 e. The van der Waals surface area contributed by atoms with Gasteiger partial charge in [-0.3, -0.25) is 0 Å². The molecule has 0 fully saturated rings. The molecule has 0 aliphatic heterocycles. The summed E-state index contributed by atoms with van der Waals surface area (Å²) < 4.78 is 5.37. The zero-order valence-electron chi connectivity index (χ0n) is 10.1. The van der Waals surface area contributed by atoms with Crippen molar-refractivity contribution in [2.24, 2.45) is 0 Å². The molecule has 0 saturated heterocycles. The molecule has 0 unspecified atom stereocenters. The fourth-order valence-corrected chi connectivity index (χ4v) is 1.54. The van der Waals surface area contributed by atoms with Crippen LogP contribution in [-0.2, 0) is 0 Å². The molecule has 0 aliphatic carbocycles. The quantitative estimate of drug-likeness (QED) is 0.830. The molecular formula is C12H19ClN2O. The first-order chi connectivity index (χ1) is 7.63. The summed E-state index contributed by atoms with van der Waals surface area (Å²) in [5.41, 5.74) is 1.02. The van der Waals surface area contributed by atoms with E-state index in [1.165, 1.54) is 0 Å². The average Bonchev–Trinajstić information content (AvgIpc) is 2.21. The second kappa shape index (κ2) is 6.61. The number of nitrogens with zero attached hydrogens (tertiary/aromatic N) is 1. The SMILES string of the molecule is CCOc1ccc(NCCN(C)C)cc1Cl. The summed E-state index contributed by atoms with van der Waals surface area (Å²) in [6.45, 7) is 4.47. The summed E-state index contributed by atoms with van der Waals surface area (Å²) in [6, 6.07) is 5.76. The molecule has 1 rings (SSSR count). The maximum atomic E-state index is 6.07. The van der Waals surface area contributed by atoms with E-state index in [0.29, 0.717) is 11.6 Å². The van der Waals surface area contributed by atoms with Gasteiger partial charge in [0.05, 0.1) is 11.6 Å². The predicted octanol–water partition coefficient (Wildman–Crippen LogP) is 2.71. The van der Waals surface area contributed by atoms with Crippen molar-refractivity contribution in [1.29, 1.82) is 0 Å². The number of likely N-dealkylation sites (N-methyl/N-ethyl adjacent to an activating group) is 1. The summed E-state index contributed by atoms with van der Waals surface area (Å²) in [6.07, 6.45) is 0. The number of nitrogens with one attached hydrogen (secondary N) is 1. The number of ether oxygens (including phenoxy) is 1. The van der Waals surface area contributed by atoms with E-state index >= 15 is 0 Å². The number of rotatable bonds is 6. The van der Waals surface area contributed by atoms with Crippen LogP contribution in [0, 0.1) is 0 Å². The second-order valence-electron chi connectivity index (χ2n) is 3.81. The lowest BCUT2D eigenvalue weighted by Crippen LogP contribution is -2.20. The van der Waals surface area contributed by atoms with Crippen molar-refractivity contribution >= 4 is 17.3 Å². The van der Waals surface area contributed by atoms with E-state index < -0.39 is 0 Å². The third kappa shape index (κ3) is 4.29. The van der Waals surface area contributed by atoms with Gasteiger partial charge in [-0.2, -0.15) is 0 Å². The number of hydrogen-bond acceptors (Lipinski definition) is 3. The molecule has 3 nitrogen and oxygen atoms in total. The zero-order valence-corrected chi connectivity index (χ0v) is 10.8. The Hall–Kier alpha value is -0.930. The first-order valence-electron chi connectivity index (χ1n) is 5.44. The Kier molecular flexibility index (Phi) is 5.43. The van der Waals surface area contributed by atoms with E-state index in [4.69, 9.17) is 16.3 Å². The molecule has 16 heavy (non-hydrogen) atoms. The third-order valence-corrected chi connectivity index (χ3v) is 2.42. The van der Waals surface area contributed by atoms with Gasteiger partial charge in [0.25, 0.3) is 0 Å². The zero-order chi connectivity index (χ0) is 12.0. The molecule has 1 N–H and O–H groups in total. The van der Waals surface area contributed by atoms with Gasteiger partial charge >= 0.3 is 0 Å². The van der Waals surface area contributed by atoms with Crippen molar-refractivity contribution in [2.75, 3.05) is 39.1 Å². The van der Waals surface area contributed by atoms with Crippen LogP contribution in [0.1, 0.15) is 6.92 Å². The molecule has 90 valence electrons. The monoisotopic (exact) mass is 242 g/mol. The molecular weight excluding hydrogens is 224 g/mol. The van der Waals surface area contributed by atoms with Crippen LogP contribution in [-0.4, -0.2) is 38.7 Å². The lowest BCUT2D eigenvalue weighted by atomic mass is 10.3. The smallest absolute Gasteiger partial charge is 0.138 e. The maximum absolute atomic E-state index is 6.07. The highest BCUT2D eigenvalue weighted by atomic mass is 35.5. The van der Waals surface area contributed by atoms with Gasteiger partial charge in [-0.05, 0) is 39.2 Å². The van der Waals surface area contributed by atoms with Crippen LogP contribution in [0.4, 0.5) is 5.69 Å². The summed E-state index contributed by atoms with van der Waals surface area (Å²) in [4.78, 5) is 2.13. The van der Waals surface area contributed by atoms with Crippen LogP contribution >= 0.6 is 11.6 Å². The highest BCUT2D eigenvalue weighted by molar-refractivity contribution is 6.32. The van der Waals surface area contributed by atoms with Crippen molar-refractivity contribution in [3.05, 3.63) is 23.2 Å². The van der Waals surface area contributed by atoms with Gasteiger partial charge in [-0.1, -0.05) is 11.6 Å². The van der Waals surface area contributed by atoms with Crippen molar-refractivity contribution in [2.45, 2.75) is 6.92 Å². The first kappa shape index (κ1) is 13.1. The topological polar surface area (TPSA) is 24.5 Å². The van der Waals surface area contributed by atoms with Crippen LogP contribution < -0.4 is 10.1 Å². The molecule has 0 atom stereocenters. The standard InChI is InChI=1S/C12H19ClN2O/c1-4-16-12-6-5-10(9-11(12)13)14-7-8-15(2)3/h5-6,9,14H,4,7-8H2,1-3H3. The Morgan fingerprint density at radius 1 is 1.38 bits per heavy atom. The molecule has 1 aromatic carbocycles. The number of halogens is 1. The second-order valence-corrected chi connectivity index (χ2v) is 4.22. The van der Waals surface area contributed by atoms with Crippen molar-refractivity contribution in [3.8, 4) is 5.75 Å². The molecule has 0 aromatic heterocycles. The molecule has 0 heterocycles. The van der Waals surface area contributed by atoms with Gasteiger partial charge in [0.1, 0.15) is 5.75 Å². The van der Waals surface area contributed by atoms with Gasteiger partial charge in [0.2, 0.25) is 0 Å². The molecule has 0 radical (unpaired) electrons. The fourth-order valence-electron chi connectivity index (χ4n) is 1.31. The Morgan fingerprint density at radius 3 is 2.69 bits per heavy atom. The van der Waals surface area contributed by atoms with E-state index in [1.54, 1.807) is 0 Å². The van der Waals surface area contributed by atoms with E-state index in [-0.39, 0.29) is 0 Å². The summed E-state index contributed by atoms with van der Waals surface area (Å²) in [5, 5.41) is 3.95. The summed E-state index contributed by atoms with van der Waals surface area (Å²) in [7, 11) is 4.10. The average molecular weight is 243 g/mol. The highest BCUT2D eigenvalue weighted by Gasteiger charge is 2.02. The van der Waals surface area contributed by atoms with E-state index in [9.17, 15) is 0 Å². The minimum atomic E-state index is 0.632. The van der Waals surface area contributed by atoms with Crippen molar-refractivity contribution < 1.29 is 4.74 Å². The molecule has 0 amide bonds. The van der Waals surface area contributed by atoms with Gasteiger partial charge in [0.15, 0.2) is 0 Å². The number of hydrogen-bond donors (Lipinski definition) is 1. The highest BCUT2D eigenvalue weighted by Crippen LogP contribution is 2.27. The van der Waals surface area contributed by atoms with Crippen molar-refractivity contribution in [3.63, 3.8) is 0 Å². The number of anilines is 1. The first-order valence-corrected chi connectivity index (χ1v) is 5.82. The predicted molar refractivity (Wildman–Crippen MR) is 69.7 cm³/mol. The summed E-state index contributed by atoms with van der Waals surface area (Å²) >= 11 is 6.07. The van der Waals surface area contributed by atoms with Crippen LogP contribution in [0.5, 0.6) is 5.75 Å². The maximum Gasteiger partial charge on any atom is 0.138 e. The Labute approximate surface area is 102 Å². The van der Waals surface area contributed by atoms with Crippen molar-refractivity contribution in [1.82, 2.24) is 4.90 Å². The van der Waals surface area contributed by atoms with Crippen LogP contribution in [0.25, 0.3) is 0 Å². The fraction of sp³-hybridized carbons (Fsp3) is 0.500. The molecule has 0 spiro atoms. The van der Waals surface area contributed by atoms with E-state index in [2.05, 4.69) is 10.2 Å². The molecule has 4 heteroatoms. The lowest BCUT2D eigenvalue weighted by Gasteiger charge is -2.12. The van der Waals surface area contributed by atoms with Crippen LogP contribution in [0.3, 0.4) is 0 Å². The van der Waals surface area contributed by atoms with Crippen LogP contribution in [0.15, 0.2) is 18.2 Å². The van der Waals surface area contributed by atoms with Gasteiger partial charge in [-0.15, -0.1) is 0 Å². The largest absolute Gasteiger partial charge is 0.492 e. The van der Waals surface area contributed by atoms with Gasteiger partial charge < -0.3 is 15.0 Å². The van der Waals surface area contributed by atoms with E-state index in [0.717, 1.165) is 24.5 Å². The molecule has 0 bridgehead atoms. The molecule has 0 saturated carbocycles. The normalized spacial score (nSPS) is 10.6. The van der Waals surface area contributed by atoms with Gasteiger partial charge in [-0.25, -0.2) is 0 Å². The van der Waals surface area contributed by atoms with Crippen LogP contribution in [0.2, 0.25) is 5.02 Å². The minimum absolute atomic E-state index is 0.632. The summed E-state index contributed by atoms with van der Waals surface area (Å²) in [5.74, 6) is 0.738. The Balaban J connectivity index is 2.52. The Morgan fingerprint density at radius 2 is 2.12 bits per heavy atom. The Bertz CT molecular complexity index is 329. The lowest BCUT2D eigenvalue weighted by molar-refractivity contribution is 0.340. The third-order valence-electron chi connectivity index (χ3n) is 2.12. The number of benzene rings is 1.